The van der Waals surface area contributed by atoms with Crippen LogP contribution >= 0.6 is 0 Å². The first-order chi connectivity index (χ1) is 16.1. The molecule has 0 atom stereocenters. The number of aromatic amines is 1. The molecular weight excluding hydrogens is 422 g/mol. The van der Waals surface area contributed by atoms with Crippen molar-refractivity contribution < 1.29 is 19.1 Å². The monoisotopic (exact) mass is 449 g/mol. The number of benzene rings is 1. The molecule has 1 N–H and O–H groups in total. The third kappa shape index (κ3) is 4.97. The number of hydrogen-bond donors (Lipinski definition) is 1. The molecule has 2 amide bonds. The Hall–Kier alpha value is -3.88. The number of hydrogen-bond acceptors (Lipinski definition) is 6. The van der Waals surface area contributed by atoms with Crippen LogP contribution < -0.4 is 9.47 Å². The van der Waals surface area contributed by atoms with E-state index in [2.05, 4.69) is 15.2 Å². The SMILES string of the molecule is CCOc1ccc(C(=O)N2CCN(C(=O)c3cc(-c4cccnc4)n[nH]3)CC2)cc1OCC. The van der Waals surface area contributed by atoms with E-state index >= 15 is 0 Å². The molecule has 1 aromatic carbocycles. The van der Waals surface area contributed by atoms with Crippen molar-refractivity contribution in [3.8, 4) is 22.8 Å². The number of carbonyl (C=O) groups excluding carboxylic acids is 2. The highest BCUT2D eigenvalue weighted by Gasteiger charge is 2.27. The summed E-state index contributed by atoms with van der Waals surface area (Å²) in [7, 11) is 0. The molecule has 1 fully saturated rings. The number of piperazine rings is 1. The third-order valence-corrected chi connectivity index (χ3v) is 5.41. The highest BCUT2D eigenvalue weighted by Crippen LogP contribution is 2.29. The molecule has 4 rings (SSSR count). The van der Waals surface area contributed by atoms with Crippen LogP contribution in [0.25, 0.3) is 11.3 Å². The van der Waals surface area contributed by atoms with Crippen molar-refractivity contribution in [2.24, 2.45) is 0 Å². The molecule has 3 aromatic rings. The zero-order valence-electron chi connectivity index (χ0n) is 18.8. The molecule has 0 radical (unpaired) electrons. The normalized spacial score (nSPS) is 13.6. The number of pyridine rings is 1. The first kappa shape index (κ1) is 22.3. The van der Waals surface area contributed by atoms with E-state index in [1.54, 1.807) is 46.5 Å². The Labute approximate surface area is 192 Å². The molecule has 3 heterocycles. The highest BCUT2D eigenvalue weighted by atomic mass is 16.5. The highest BCUT2D eigenvalue weighted by molar-refractivity contribution is 5.96. The van der Waals surface area contributed by atoms with Gasteiger partial charge in [0, 0.05) is 49.7 Å². The maximum atomic E-state index is 13.0. The van der Waals surface area contributed by atoms with Gasteiger partial charge in [-0.2, -0.15) is 5.10 Å². The predicted molar refractivity (Wildman–Crippen MR) is 122 cm³/mol. The first-order valence-electron chi connectivity index (χ1n) is 11.0. The maximum Gasteiger partial charge on any atom is 0.272 e. The molecule has 0 aliphatic carbocycles. The van der Waals surface area contributed by atoms with Gasteiger partial charge >= 0.3 is 0 Å². The summed E-state index contributed by atoms with van der Waals surface area (Å²) in [5.41, 5.74) is 2.46. The van der Waals surface area contributed by atoms with Crippen molar-refractivity contribution in [1.29, 1.82) is 0 Å². The van der Waals surface area contributed by atoms with Crippen LogP contribution in [0.2, 0.25) is 0 Å². The van der Waals surface area contributed by atoms with Gasteiger partial charge in [-0.05, 0) is 50.2 Å². The number of nitrogens with zero attached hydrogens (tertiary/aromatic N) is 4. The smallest absolute Gasteiger partial charge is 0.272 e. The third-order valence-electron chi connectivity index (χ3n) is 5.41. The Kier molecular flexibility index (Phi) is 6.87. The topological polar surface area (TPSA) is 101 Å². The average Bonchev–Trinajstić information content (AvgIpc) is 3.36. The minimum Gasteiger partial charge on any atom is -0.490 e. The van der Waals surface area contributed by atoms with Crippen molar-refractivity contribution >= 4 is 11.8 Å². The second-order valence-electron chi connectivity index (χ2n) is 7.52. The van der Waals surface area contributed by atoms with Crippen molar-refractivity contribution in [2.75, 3.05) is 39.4 Å². The molecule has 1 saturated heterocycles. The summed E-state index contributed by atoms with van der Waals surface area (Å²) in [5, 5.41) is 7.05. The lowest BCUT2D eigenvalue weighted by atomic mass is 10.1. The van der Waals surface area contributed by atoms with Gasteiger partial charge in [0.2, 0.25) is 0 Å². The Morgan fingerprint density at radius 1 is 0.939 bits per heavy atom. The van der Waals surface area contributed by atoms with Crippen LogP contribution in [0.1, 0.15) is 34.7 Å². The van der Waals surface area contributed by atoms with Crippen LogP contribution in [-0.2, 0) is 0 Å². The molecule has 1 aliphatic heterocycles. The van der Waals surface area contributed by atoms with Crippen LogP contribution in [0.4, 0.5) is 0 Å². The molecule has 1 aliphatic rings. The first-order valence-corrected chi connectivity index (χ1v) is 11.0. The number of rotatable bonds is 7. The number of aromatic nitrogens is 3. The van der Waals surface area contributed by atoms with Gasteiger partial charge < -0.3 is 19.3 Å². The Morgan fingerprint density at radius 2 is 1.64 bits per heavy atom. The minimum absolute atomic E-state index is 0.0912. The van der Waals surface area contributed by atoms with Crippen molar-refractivity contribution in [3.05, 3.63) is 60.0 Å². The molecule has 2 aromatic heterocycles. The largest absolute Gasteiger partial charge is 0.490 e. The van der Waals surface area contributed by atoms with Gasteiger partial charge in [0.25, 0.3) is 11.8 Å². The molecular formula is C24H27N5O4. The molecule has 172 valence electrons. The van der Waals surface area contributed by atoms with Gasteiger partial charge in [0.15, 0.2) is 11.5 Å². The zero-order valence-corrected chi connectivity index (χ0v) is 18.8. The van der Waals surface area contributed by atoms with Crippen molar-refractivity contribution in [2.45, 2.75) is 13.8 Å². The van der Waals surface area contributed by atoms with Gasteiger partial charge in [0.1, 0.15) is 5.69 Å². The number of ether oxygens (including phenoxy) is 2. The van der Waals surface area contributed by atoms with Crippen LogP contribution in [0.5, 0.6) is 11.5 Å². The van der Waals surface area contributed by atoms with E-state index in [1.165, 1.54) is 0 Å². The fourth-order valence-corrected chi connectivity index (χ4v) is 3.74. The lowest BCUT2D eigenvalue weighted by molar-refractivity contribution is 0.0532. The minimum atomic E-state index is -0.135. The summed E-state index contributed by atoms with van der Waals surface area (Å²) < 4.78 is 11.2. The van der Waals surface area contributed by atoms with Gasteiger partial charge in [-0.25, -0.2) is 0 Å². The molecule has 0 saturated carbocycles. The van der Waals surface area contributed by atoms with Crippen LogP contribution in [0.15, 0.2) is 48.8 Å². The summed E-state index contributed by atoms with van der Waals surface area (Å²) in [6, 6.07) is 10.7. The number of H-pyrrole nitrogens is 1. The molecule has 0 bridgehead atoms. The van der Waals surface area contributed by atoms with Crippen LogP contribution in [0, 0.1) is 0 Å². The quantitative estimate of drug-likeness (QED) is 0.595. The van der Waals surface area contributed by atoms with Crippen molar-refractivity contribution in [1.82, 2.24) is 25.0 Å². The van der Waals surface area contributed by atoms with Gasteiger partial charge in [-0.1, -0.05) is 0 Å². The standard InChI is InChI=1S/C24H27N5O4/c1-3-32-21-8-7-17(14-22(21)33-4-2)23(30)28-10-12-29(13-11-28)24(31)20-15-19(26-27-20)18-6-5-9-25-16-18/h5-9,14-16H,3-4,10-13H2,1-2H3,(H,26,27). The fourth-order valence-electron chi connectivity index (χ4n) is 3.74. The number of nitrogens with one attached hydrogen (secondary N) is 1. The fraction of sp³-hybridized carbons (Fsp3) is 0.333. The van der Waals surface area contributed by atoms with Crippen LogP contribution in [-0.4, -0.2) is 76.2 Å². The summed E-state index contributed by atoms with van der Waals surface area (Å²) in [4.78, 5) is 33.5. The Balaban J connectivity index is 1.38. The molecule has 33 heavy (non-hydrogen) atoms. The maximum absolute atomic E-state index is 13.0. The molecule has 9 heteroatoms. The van der Waals surface area contributed by atoms with E-state index in [4.69, 9.17) is 9.47 Å². The average molecular weight is 450 g/mol. The second kappa shape index (κ2) is 10.2. The van der Waals surface area contributed by atoms with Gasteiger partial charge in [0.05, 0.1) is 18.9 Å². The van der Waals surface area contributed by atoms with E-state index in [0.717, 1.165) is 5.56 Å². The summed E-state index contributed by atoms with van der Waals surface area (Å²) in [6.45, 7) is 6.58. The number of amides is 2. The summed E-state index contributed by atoms with van der Waals surface area (Å²) in [6.07, 6.45) is 3.39. The predicted octanol–water partition coefficient (Wildman–Crippen LogP) is 2.87. The van der Waals surface area contributed by atoms with Gasteiger partial charge in [-0.3, -0.25) is 19.7 Å². The Bertz CT molecular complexity index is 1110. The van der Waals surface area contributed by atoms with E-state index in [-0.39, 0.29) is 11.8 Å². The van der Waals surface area contributed by atoms with E-state index < -0.39 is 0 Å². The van der Waals surface area contributed by atoms with E-state index in [0.29, 0.717) is 67.8 Å². The van der Waals surface area contributed by atoms with Crippen molar-refractivity contribution in [3.63, 3.8) is 0 Å². The summed E-state index contributed by atoms with van der Waals surface area (Å²) >= 11 is 0. The second-order valence-corrected chi connectivity index (χ2v) is 7.52. The molecule has 0 unspecified atom stereocenters. The van der Waals surface area contributed by atoms with Gasteiger partial charge in [-0.15, -0.1) is 0 Å². The lowest BCUT2D eigenvalue weighted by Crippen LogP contribution is -2.50. The molecule has 0 spiro atoms. The van der Waals surface area contributed by atoms with E-state index in [1.807, 2.05) is 26.0 Å². The zero-order chi connectivity index (χ0) is 23.2. The molecule has 9 nitrogen and oxygen atoms in total. The Morgan fingerprint density at radius 3 is 2.30 bits per heavy atom. The van der Waals surface area contributed by atoms with Crippen LogP contribution in [0.3, 0.4) is 0 Å². The lowest BCUT2D eigenvalue weighted by Gasteiger charge is -2.34. The summed E-state index contributed by atoms with van der Waals surface area (Å²) in [5.74, 6) is 0.954. The number of carbonyl (C=O) groups is 2. The van der Waals surface area contributed by atoms with E-state index in [9.17, 15) is 9.59 Å².